The highest BCUT2D eigenvalue weighted by Crippen LogP contribution is 2.22. The van der Waals surface area contributed by atoms with Gasteiger partial charge in [0.25, 0.3) is 0 Å². The van der Waals surface area contributed by atoms with E-state index in [9.17, 15) is 9.59 Å². The molecule has 0 aromatic heterocycles. The summed E-state index contributed by atoms with van der Waals surface area (Å²) in [6, 6.07) is 7.86. The summed E-state index contributed by atoms with van der Waals surface area (Å²) in [5.74, 6) is -0.353. The molecular weight excluding hydrogens is 295 g/mol. The van der Waals surface area contributed by atoms with Crippen molar-refractivity contribution in [2.75, 3.05) is 0 Å². The first-order valence-electron chi connectivity index (χ1n) is 6.95. The molecule has 2 unspecified atom stereocenters. The van der Waals surface area contributed by atoms with Crippen LogP contribution >= 0.6 is 23.2 Å². The maximum atomic E-state index is 11.4. The number of carbonyl (C=O) groups excluding carboxylic acids is 2. The number of hydrogen-bond acceptors (Lipinski definition) is 2. The molecule has 0 saturated carbocycles. The molecule has 110 valence electrons. The zero-order valence-electron chi connectivity index (χ0n) is 11.9. The molecule has 0 radical (unpaired) electrons. The Hall–Kier alpha value is -0.860. The molecule has 20 heavy (non-hydrogen) atoms. The lowest BCUT2D eigenvalue weighted by Crippen LogP contribution is -2.15. The summed E-state index contributed by atoms with van der Waals surface area (Å²) >= 11 is 11.2. The highest BCUT2D eigenvalue weighted by molar-refractivity contribution is 6.64. The third-order valence-corrected chi connectivity index (χ3v) is 4.30. The number of halogens is 2. The van der Waals surface area contributed by atoms with Gasteiger partial charge in [0.15, 0.2) is 0 Å². The lowest BCUT2D eigenvalue weighted by molar-refractivity contribution is -0.116. The van der Waals surface area contributed by atoms with E-state index in [0.717, 1.165) is 11.1 Å². The van der Waals surface area contributed by atoms with Gasteiger partial charge in [0.2, 0.25) is 10.5 Å². The van der Waals surface area contributed by atoms with E-state index in [2.05, 4.69) is 0 Å². The Balaban J connectivity index is 2.92. The third kappa shape index (κ3) is 4.92. The fraction of sp³-hybridized carbons (Fsp3) is 0.500. The Morgan fingerprint density at radius 1 is 0.900 bits per heavy atom. The summed E-state index contributed by atoms with van der Waals surface area (Å²) in [4.78, 5) is 22.7. The lowest BCUT2D eigenvalue weighted by atomic mass is 9.89. The van der Waals surface area contributed by atoms with Crippen LogP contribution in [0.2, 0.25) is 0 Å². The number of rotatable bonds is 8. The molecule has 2 atom stereocenters. The van der Waals surface area contributed by atoms with Crippen LogP contribution in [0.25, 0.3) is 0 Å². The molecule has 2 nitrogen and oxygen atoms in total. The molecule has 1 rings (SSSR count). The van der Waals surface area contributed by atoms with Crippen LogP contribution in [0.4, 0.5) is 0 Å². The third-order valence-electron chi connectivity index (χ3n) is 3.68. The van der Waals surface area contributed by atoms with Crippen LogP contribution in [0.15, 0.2) is 24.3 Å². The summed E-state index contributed by atoms with van der Waals surface area (Å²) in [5.41, 5.74) is 2.15. The Bertz CT molecular complexity index is 428. The van der Waals surface area contributed by atoms with Crippen molar-refractivity contribution in [1.29, 1.82) is 0 Å². The minimum atomic E-state index is -0.303. The number of carbonyl (C=O) groups is 2. The zero-order valence-corrected chi connectivity index (χ0v) is 13.4. The molecule has 0 N–H and O–H groups in total. The van der Waals surface area contributed by atoms with Crippen LogP contribution in [-0.4, -0.2) is 10.5 Å². The predicted octanol–water partition coefficient (Wildman–Crippen LogP) is 4.35. The standard InChI is InChI=1S/C16H20Cl2O2/c1-3-11(15(17)19)9-13-7-5-6-8-14(13)10-12(4-2)16(18)20/h5-8,11-12H,3-4,9-10H2,1-2H3. The van der Waals surface area contributed by atoms with Crippen LogP contribution in [0.1, 0.15) is 37.8 Å². The largest absolute Gasteiger partial charge is 0.281 e. The minimum absolute atomic E-state index is 0.176. The van der Waals surface area contributed by atoms with Crippen LogP contribution in [0.3, 0.4) is 0 Å². The Morgan fingerprint density at radius 2 is 1.25 bits per heavy atom. The quantitative estimate of drug-likeness (QED) is 0.668. The SMILES string of the molecule is CCC(Cc1ccccc1CC(CC)C(=O)Cl)C(=O)Cl. The average molecular weight is 315 g/mol. The average Bonchev–Trinajstić information content (AvgIpc) is 2.42. The van der Waals surface area contributed by atoms with E-state index in [1.165, 1.54) is 0 Å². The number of hydrogen-bond donors (Lipinski definition) is 0. The first-order valence-corrected chi connectivity index (χ1v) is 7.70. The highest BCUT2D eigenvalue weighted by atomic mass is 35.5. The van der Waals surface area contributed by atoms with Crippen molar-refractivity contribution in [2.45, 2.75) is 39.5 Å². The maximum Gasteiger partial charge on any atom is 0.225 e. The van der Waals surface area contributed by atoms with Gasteiger partial charge < -0.3 is 0 Å². The Labute approximate surface area is 130 Å². The second-order valence-corrected chi connectivity index (χ2v) is 5.74. The normalized spacial score (nSPS) is 13.8. The van der Waals surface area contributed by atoms with Crippen LogP contribution in [-0.2, 0) is 22.4 Å². The van der Waals surface area contributed by atoms with Crippen molar-refractivity contribution in [3.8, 4) is 0 Å². The summed E-state index contributed by atoms with van der Waals surface area (Å²) < 4.78 is 0. The molecule has 1 aromatic rings. The molecule has 0 spiro atoms. The van der Waals surface area contributed by atoms with Crippen molar-refractivity contribution in [1.82, 2.24) is 0 Å². The minimum Gasteiger partial charge on any atom is -0.281 e. The molecule has 0 saturated heterocycles. The zero-order chi connectivity index (χ0) is 15.1. The van der Waals surface area contributed by atoms with Crippen LogP contribution in [0, 0.1) is 11.8 Å². The fourth-order valence-electron chi connectivity index (χ4n) is 2.26. The lowest BCUT2D eigenvalue weighted by Gasteiger charge is -2.16. The van der Waals surface area contributed by atoms with E-state index in [1.54, 1.807) is 0 Å². The van der Waals surface area contributed by atoms with Gasteiger partial charge >= 0.3 is 0 Å². The van der Waals surface area contributed by atoms with Gasteiger partial charge in [-0.25, -0.2) is 0 Å². The van der Waals surface area contributed by atoms with Gasteiger partial charge in [0.1, 0.15) is 0 Å². The topological polar surface area (TPSA) is 34.1 Å². The molecule has 0 aliphatic heterocycles. The van der Waals surface area contributed by atoms with Gasteiger partial charge in [-0.2, -0.15) is 0 Å². The van der Waals surface area contributed by atoms with Crippen molar-refractivity contribution >= 4 is 33.7 Å². The monoisotopic (exact) mass is 314 g/mol. The molecule has 0 aliphatic carbocycles. The first kappa shape index (κ1) is 17.2. The van der Waals surface area contributed by atoms with Crippen molar-refractivity contribution in [3.63, 3.8) is 0 Å². The van der Waals surface area contributed by atoms with Crippen LogP contribution < -0.4 is 0 Å². The van der Waals surface area contributed by atoms with E-state index in [0.29, 0.717) is 25.7 Å². The predicted molar refractivity (Wildman–Crippen MR) is 83.1 cm³/mol. The van der Waals surface area contributed by atoms with Crippen molar-refractivity contribution < 1.29 is 9.59 Å². The van der Waals surface area contributed by atoms with Gasteiger partial charge in [-0.15, -0.1) is 0 Å². The van der Waals surface area contributed by atoms with Crippen molar-refractivity contribution in [2.24, 2.45) is 11.8 Å². The summed E-state index contributed by atoms with van der Waals surface area (Å²) in [7, 11) is 0. The molecular formula is C16H20Cl2O2. The molecule has 0 amide bonds. The van der Waals surface area contributed by atoms with Gasteiger partial charge in [-0.05, 0) is 60.0 Å². The maximum absolute atomic E-state index is 11.4. The highest BCUT2D eigenvalue weighted by Gasteiger charge is 2.19. The molecule has 0 heterocycles. The van der Waals surface area contributed by atoms with Crippen molar-refractivity contribution in [3.05, 3.63) is 35.4 Å². The van der Waals surface area contributed by atoms with E-state index >= 15 is 0 Å². The van der Waals surface area contributed by atoms with E-state index in [4.69, 9.17) is 23.2 Å². The van der Waals surface area contributed by atoms with Gasteiger partial charge in [0, 0.05) is 11.8 Å². The van der Waals surface area contributed by atoms with E-state index < -0.39 is 0 Å². The number of benzene rings is 1. The Morgan fingerprint density at radius 3 is 1.50 bits per heavy atom. The molecule has 4 heteroatoms. The van der Waals surface area contributed by atoms with E-state index in [-0.39, 0.29) is 22.3 Å². The fourth-order valence-corrected chi connectivity index (χ4v) is 2.72. The molecule has 0 fully saturated rings. The van der Waals surface area contributed by atoms with E-state index in [1.807, 2.05) is 38.1 Å². The summed E-state index contributed by atoms with van der Waals surface area (Å²) in [6.45, 7) is 3.90. The van der Waals surface area contributed by atoms with Gasteiger partial charge in [-0.1, -0.05) is 38.1 Å². The Kier molecular flexibility index (Phi) is 7.25. The van der Waals surface area contributed by atoms with Gasteiger partial charge in [0.05, 0.1) is 0 Å². The molecule has 1 aromatic carbocycles. The van der Waals surface area contributed by atoms with Crippen LogP contribution in [0.5, 0.6) is 0 Å². The molecule has 0 aliphatic rings. The second kappa shape index (κ2) is 8.43. The second-order valence-electron chi connectivity index (χ2n) is 5.00. The van der Waals surface area contributed by atoms with Gasteiger partial charge in [-0.3, -0.25) is 9.59 Å². The summed E-state index contributed by atoms with van der Waals surface area (Å²) in [5, 5.41) is -0.606. The summed E-state index contributed by atoms with van der Waals surface area (Å²) in [6.07, 6.45) is 2.65. The first-order chi connectivity index (χ1) is 9.49. The smallest absolute Gasteiger partial charge is 0.225 e. The molecule has 0 bridgehead atoms.